The second-order valence-corrected chi connectivity index (χ2v) is 7.08. The highest BCUT2D eigenvalue weighted by atomic mass is 32.1. The van der Waals surface area contributed by atoms with Crippen molar-refractivity contribution in [3.05, 3.63) is 45.1 Å². The Morgan fingerprint density at radius 3 is 3.17 bits per heavy atom. The van der Waals surface area contributed by atoms with E-state index in [-0.39, 0.29) is 0 Å². The minimum atomic E-state index is 0.398. The van der Waals surface area contributed by atoms with Gasteiger partial charge in [0, 0.05) is 23.3 Å². The van der Waals surface area contributed by atoms with E-state index in [1.165, 1.54) is 15.3 Å². The Kier molecular flexibility index (Phi) is 3.92. The lowest BCUT2D eigenvalue weighted by molar-refractivity contribution is -0.956. The second-order valence-electron chi connectivity index (χ2n) is 5.73. The Labute approximate surface area is 143 Å². The Hall–Kier alpha value is -1.70. The molecule has 5 nitrogen and oxygen atoms in total. The van der Waals surface area contributed by atoms with Gasteiger partial charge in [-0.1, -0.05) is 6.92 Å². The van der Waals surface area contributed by atoms with Crippen molar-refractivity contribution in [1.82, 2.24) is 9.78 Å². The average molecular weight is 348 g/mol. The molecule has 4 heterocycles. The zero-order chi connectivity index (χ0) is 15.8. The summed E-state index contributed by atoms with van der Waals surface area (Å²) in [6.07, 6.45) is 3.83. The summed E-state index contributed by atoms with van der Waals surface area (Å²) in [5.74, 6) is 1.05. The molecule has 4 rings (SSSR count). The molecule has 1 aliphatic heterocycles. The molecule has 1 N–H and O–H groups in total. The number of aromatic nitrogens is 2. The van der Waals surface area contributed by atoms with E-state index < -0.39 is 0 Å². The second kappa shape index (κ2) is 6.07. The summed E-state index contributed by atoms with van der Waals surface area (Å²) in [6.45, 7) is 4.06. The zero-order valence-electron chi connectivity index (χ0n) is 12.8. The van der Waals surface area contributed by atoms with Crippen LogP contribution in [0.5, 0.6) is 0 Å². The molecule has 23 heavy (non-hydrogen) atoms. The maximum absolute atomic E-state index is 5.59. The number of furan rings is 1. The van der Waals surface area contributed by atoms with Gasteiger partial charge in [-0.25, -0.2) is 0 Å². The Morgan fingerprint density at radius 1 is 1.48 bits per heavy atom. The van der Waals surface area contributed by atoms with Gasteiger partial charge in [-0.3, -0.25) is 0 Å². The van der Waals surface area contributed by atoms with Gasteiger partial charge >= 0.3 is 0 Å². The minimum absolute atomic E-state index is 0.398. The lowest BCUT2D eigenvalue weighted by Gasteiger charge is -2.31. The van der Waals surface area contributed by atoms with Crippen molar-refractivity contribution in [2.24, 2.45) is 0 Å². The Morgan fingerprint density at radius 2 is 2.39 bits per heavy atom. The molecule has 120 valence electrons. The molecule has 2 atom stereocenters. The van der Waals surface area contributed by atoms with Gasteiger partial charge in [0.15, 0.2) is 12.4 Å². The number of hydrogen-bond acceptors (Lipinski definition) is 5. The summed E-state index contributed by atoms with van der Waals surface area (Å²) >= 11 is 7.20. The van der Waals surface area contributed by atoms with E-state index in [0.717, 1.165) is 26.1 Å². The highest BCUT2D eigenvalue weighted by molar-refractivity contribution is 7.71. The molecule has 0 spiro atoms. The van der Waals surface area contributed by atoms with Crippen molar-refractivity contribution in [2.75, 3.05) is 6.54 Å². The van der Waals surface area contributed by atoms with Crippen LogP contribution in [0.4, 0.5) is 0 Å². The fourth-order valence-electron chi connectivity index (χ4n) is 3.33. The van der Waals surface area contributed by atoms with Crippen LogP contribution in [-0.2, 0) is 13.1 Å². The highest BCUT2D eigenvalue weighted by Gasteiger charge is 2.31. The standard InChI is InChI=1S/C16H17N3O2S2/c1-2-12-11-6-9-23-14(11)5-7-18(12)10-19-16(22)21-15(17-19)13-4-3-8-20-13/h3-4,6,8-9,12H,2,5,7,10H2,1H3/p+1/t12-/m0/s1. The molecule has 1 aliphatic rings. The van der Waals surface area contributed by atoms with Gasteiger partial charge in [-0.2, -0.15) is 4.68 Å². The van der Waals surface area contributed by atoms with E-state index in [1.54, 1.807) is 10.9 Å². The maximum Gasteiger partial charge on any atom is 0.292 e. The van der Waals surface area contributed by atoms with Crippen LogP contribution in [0, 0.1) is 4.84 Å². The van der Waals surface area contributed by atoms with Gasteiger partial charge in [-0.15, -0.1) is 16.4 Å². The summed E-state index contributed by atoms with van der Waals surface area (Å²) < 4.78 is 12.7. The summed E-state index contributed by atoms with van der Waals surface area (Å²) in [7, 11) is 0. The summed E-state index contributed by atoms with van der Waals surface area (Å²) in [5, 5.41) is 6.69. The van der Waals surface area contributed by atoms with Crippen molar-refractivity contribution in [3.63, 3.8) is 0 Å². The first-order valence-electron chi connectivity index (χ1n) is 7.79. The summed E-state index contributed by atoms with van der Waals surface area (Å²) in [6, 6.07) is 6.40. The van der Waals surface area contributed by atoms with E-state index in [0.29, 0.717) is 22.5 Å². The number of fused-ring (bicyclic) bond motifs is 1. The van der Waals surface area contributed by atoms with Gasteiger partial charge in [0.05, 0.1) is 12.8 Å². The number of nitrogens with zero attached hydrogens (tertiary/aromatic N) is 2. The molecule has 7 heteroatoms. The quantitative estimate of drug-likeness (QED) is 0.736. The molecule has 0 bridgehead atoms. The van der Waals surface area contributed by atoms with E-state index in [2.05, 4.69) is 23.5 Å². The molecule has 0 fully saturated rings. The van der Waals surface area contributed by atoms with Crippen LogP contribution in [0.1, 0.15) is 29.8 Å². The molecule has 1 unspecified atom stereocenters. The normalized spacial score (nSPS) is 20.6. The maximum atomic E-state index is 5.59. The van der Waals surface area contributed by atoms with Crippen LogP contribution < -0.4 is 4.90 Å². The predicted molar refractivity (Wildman–Crippen MR) is 89.9 cm³/mol. The molecule has 3 aromatic rings. The minimum Gasteiger partial charge on any atom is -0.459 e. The fourth-order valence-corrected chi connectivity index (χ4v) is 4.46. The summed E-state index contributed by atoms with van der Waals surface area (Å²) in [4.78, 5) is 3.41. The van der Waals surface area contributed by atoms with Crippen LogP contribution in [0.15, 0.2) is 38.7 Å². The number of hydrogen-bond donors (Lipinski definition) is 1. The van der Waals surface area contributed by atoms with E-state index in [4.69, 9.17) is 21.1 Å². The molecular formula is C16H18N3O2S2+. The van der Waals surface area contributed by atoms with Gasteiger partial charge in [0.1, 0.15) is 6.04 Å². The number of quaternary nitrogens is 1. The molecule has 0 aromatic carbocycles. The average Bonchev–Trinajstić information content (AvgIpc) is 3.27. The van der Waals surface area contributed by atoms with Gasteiger partial charge < -0.3 is 13.7 Å². The first-order valence-corrected chi connectivity index (χ1v) is 9.07. The van der Waals surface area contributed by atoms with Crippen LogP contribution in [-0.4, -0.2) is 16.3 Å². The molecular weight excluding hydrogens is 330 g/mol. The Bertz CT molecular complexity index is 847. The van der Waals surface area contributed by atoms with Crippen molar-refractivity contribution in [2.45, 2.75) is 32.5 Å². The third-order valence-electron chi connectivity index (χ3n) is 4.42. The van der Waals surface area contributed by atoms with Gasteiger partial charge in [0.25, 0.3) is 10.7 Å². The lowest BCUT2D eigenvalue weighted by Crippen LogP contribution is -3.12. The first kappa shape index (κ1) is 14.9. The van der Waals surface area contributed by atoms with Crippen LogP contribution in [0.2, 0.25) is 0 Å². The Balaban J connectivity index is 1.60. The van der Waals surface area contributed by atoms with Crippen LogP contribution in [0.25, 0.3) is 11.7 Å². The van der Waals surface area contributed by atoms with Crippen molar-refractivity contribution in [1.29, 1.82) is 0 Å². The van der Waals surface area contributed by atoms with E-state index in [9.17, 15) is 0 Å². The molecule has 0 amide bonds. The van der Waals surface area contributed by atoms with Crippen molar-refractivity contribution < 1.29 is 13.7 Å². The smallest absolute Gasteiger partial charge is 0.292 e. The fraction of sp³-hybridized carbons (Fsp3) is 0.375. The third-order valence-corrected chi connectivity index (χ3v) is 5.71. The van der Waals surface area contributed by atoms with Gasteiger partial charge in [0.2, 0.25) is 0 Å². The molecule has 0 radical (unpaired) electrons. The molecule has 0 aliphatic carbocycles. The zero-order valence-corrected chi connectivity index (χ0v) is 14.5. The van der Waals surface area contributed by atoms with E-state index >= 15 is 0 Å². The molecule has 0 saturated heterocycles. The monoisotopic (exact) mass is 348 g/mol. The molecule has 0 saturated carbocycles. The molecule has 3 aromatic heterocycles. The lowest BCUT2D eigenvalue weighted by atomic mass is 9.98. The topological polar surface area (TPSA) is 48.5 Å². The first-order chi connectivity index (χ1) is 11.3. The van der Waals surface area contributed by atoms with Crippen LogP contribution >= 0.6 is 23.6 Å². The largest absolute Gasteiger partial charge is 0.459 e. The van der Waals surface area contributed by atoms with Gasteiger partial charge in [-0.05, 0) is 35.8 Å². The van der Waals surface area contributed by atoms with E-state index in [1.807, 2.05) is 23.5 Å². The SMILES string of the molecule is CC[C@H]1c2ccsc2CC[NH+]1Cn1nc(-c2ccco2)oc1=S. The summed E-state index contributed by atoms with van der Waals surface area (Å²) in [5.41, 5.74) is 1.49. The predicted octanol–water partition coefficient (Wildman–Crippen LogP) is 3.08. The number of nitrogens with one attached hydrogen (secondary N) is 1. The third kappa shape index (κ3) is 2.69. The highest BCUT2D eigenvalue weighted by Crippen LogP contribution is 2.27. The number of rotatable bonds is 4. The van der Waals surface area contributed by atoms with Crippen molar-refractivity contribution >= 4 is 23.6 Å². The number of thiophene rings is 1. The van der Waals surface area contributed by atoms with Crippen LogP contribution in [0.3, 0.4) is 0 Å². The van der Waals surface area contributed by atoms with Crippen molar-refractivity contribution in [3.8, 4) is 11.7 Å².